The summed E-state index contributed by atoms with van der Waals surface area (Å²) in [4.78, 5) is 37.6. The van der Waals surface area contributed by atoms with Crippen LogP contribution < -0.4 is 16.1 Å². The van der Waals surface area contributed by atoms with Crippen molar-refractivity contribution in [3.8, 4) is 0 Å². The monoisotopic (exact) mass is 357 g/mol. The molecular weight excluding hydrogens is 334 g/mol. The van der Waals surface area contributed by atoms with Gasteiger partial charge in [-0.15, -0.1) is 0 Å². The molecule has 3 N–H and O–H groups in total. The van der Waals surface area contributed by atoms with E-state index in [-0.39, 0.29) is 11.6 Å². The maximum atomic E-state index is 12.6. The Morgan fingerprint density at radius 1 is 1.38 bits per heavy atom. The zero-order chi connectivity index (χ0) is 19.0. The summed E-state index contributed by atoms with van der Waals surface area (Å²) in [5, 5.41) is 9.72. The molecule has 1 unspecified atom stereocenters. The van der Waals surface area contributed by atoms with Crippen LogP contribution in [0.5, 0.6) is 0 Å². The van der Waals surface area contributed by atoms with Gasteiger partial charge in [-0.25, -0.2) is 9.59 Å². The Bertz CT molecular complexity index is 948. The van der Waals surface area contributed by atoms with Crippen LogP contribution in [0.25, 0.3) is 10.9 Å². The maximum absolute atomic E-state index is 12.6. The summed E-state index contributed by atoms with van der Waals surface area (Å²) in [5.41, 5.74) is 7.16. The Morgan fingerprint density at radius 3 is 2.73 bits per heavy atom. The number of carbonyl (C=O) groups is 2. The van der Waals surface area contributed by atoms with Crippen LogP contribution >= 0.6 is 0 Å². The van der Waals surface area contributed by atoms with Crippen LogP contribution in [0.3, 0.4) is 0 Å². The lowest BCUT2D eigenvalue weighted by atomic mass is 9.94. The molecule has 1 atom stereocenters. The number of carboxylic acids is 1. The number of carboxylic acid groups (broad SMARTS) is 1. The van der Waals surface area contributed by atoms with Crippen molar-refractivity contribution in [1.82, 2.24) is 4.57 Å². The summed E-state index contributed by atoms with van der Waals surface area (Å²) < 4.78 is 1.85. The van der Waals surface area contributed by atoms with E-state index in [0.717, 1.165) is 24.8 Å². The summed E-state index contributed by atoms with van der Waals surface area (Å²) in [5.74, 6) is -1.23. The zero-order valence-electron chi connectivity index (χ0n) is 15.0. The average molecular weight is 357 g/mol. The third kappa shape index (κ3) is 2.83. The van der Waals surface area contributed by atoms with Gasteiger partial charge in [0.15, 0.2) is 0 Å². The van der Waals surface area contributed by atoms with E-state index in [1.165, 1.54) is 6.20 Å². The number of aromatic nitrogens is 1. The topological polar surface area (TPSA) is 106 Å². The molecule has 3 rings (SSSR count). The van der Waals surface area contributed by atoms with E-state index in [2.05, 4.69) is 0 Å². The zero-order valence-corrected chi connectivity index (χ0v) is 15.0. The number of unbranched alkanes of at least 4 members (excludes halogenated alkanes) is 1. The number of nitrogens with two attached hydrogens (primary N) is 1. The van der Waals surface area contributed by atoms with Crippen LogP contribution in [-0.2, 0) is 6.42 Å². The number of anilines is 1. The quantitative estimate of drug-likeness (QED) is 0.858. The molecule has 26 heavy (non-hydrogen) atoms. The van der Waals surface area contributed by atoms with Gasteiger partial charge >= 0.3 is 12.0 Å². The van der Waals surface area contributed by atoms with Gasteiger partial charge in [0, 0.05) is 29.7 Å². The molecule has 0 aliphatic carbocycles. The van der Waals surface area contributed by atoms with Crippen molar-refractivity contribution in [2.24, 2.45) is 5.73 Å². The molecular formula is C19H23N3O4. The second-order valence-corrected chi connectivity index (χ2v) is 6.77. The number of primary amides is 1. The Labute approximate surface area is 151 Å². The maximum Gasteiger partial charge on any atom is 0.341 e. The molecule has 7 nitrogen and oxygen atoms in total. The number of nitrogens with zero attached hydrogens (tertiary/aromatic N) is 2. The van der Waals surface area contributed by atoms with Crippen LogP contribution in [0.1, 0.15) is 55.1 Å². The number of aryl methyl sites for hydroxylation is 1. The van der Waals surface area contributed by atoms with Gasteiger partial charge in [0.2, 0.25) is 5.43 Å². The van der Waals surface area contributed by atoms with Crippen molar-refractivity contribution >= 4 is 28.6 Å². The molecule has 0 saturated carbocycles. The van der Waals surface area contributed by atoms with Crippen LogP contribution in [0, 0.1) is 0 Å². The van der Waals surface area contributed by atoms with Gasteiger partial charge in [-0.2, -0.15) is 0 Å². The highest BCUT2D eigenvalue weighted by Crippen LogP contribution is 2.36. The minimum absolute atomic E-state index is 0.0663. The lowest BCUT2D eigenvalue weighted by Gasteiger charge is -2.31. The number of aromatic carboxylic acids is 1. The molecule has 7 heteroatoms. The SMILES string of the molecule is CCCCN(C(N)=O)c1ccc2c(=O)c(C(=O)O)cn3c2c1CCC3C. The Morgan fingerprint density at radius 2 is 2.12 bits per heavy atom. The van der Waals surface area contributed by atoms with E-state index in [1.807, 2.05) is 18.4 Å². The third-order valence-electron chi connectivity index (χ3n) is 5.08. The standard InChI is InChI=1S/C19H23N3O4/c1-3-4-9-21(19(20)26)15-8-7-13-16-12(15)6-5-11(2)22(16)10-14(17(13)23)18(24)25/h7-8,10-11H,3-6,9H2,1-2H3,(H2,20,26)(H,24,25). The van der Waals surface area contributed by atoms with Crippen molar-refractivity contribution in [3.05, 3.63) is 39.7 Å². The van der Waals surface area contributed by atoms with Crippen LogP contribution in [0.2, 0.25) is 0 Å². The lowest BCUT2D eigenvalue weighted by Crippen LogP contribution is -2.37. The van der Waals surface area contributed by atoms with Crippen molar-refractivity contribution in [3.63, 3.8) is 0 Å². The van der Waals surface area contributed by atoms with Gasteiger partial charge in [-0.3, -0.25) is 9.69 Å². The van der Waals surface area contributed by atoms with E-state index >= 15 is 0 Å². The fourth-order valence-corrected chi connectivity index (χ4v) is 3.67. The summed E-state index contributed by atoms with van der Waals surface area (Å²) >= 11 is 0. The number of amides is 2. The molecule has 0 fully saturated rings. The Hall–Kier alpha value is -2.83. The van der Waals surface area contributed by atoms with Crippen molar-refractivity contribution < 1.29 is 14.7 Å². The highest BCUT2D eigenvalue weighted by molar-refractivity contribution is 5.99. The molecule has 1 aromatic carbocycles. The number of benzene rings is 1. The van der Waals surface area contributed by atoms with E-state index in [0.29, 0.717) is 29.6 Å². The first-order valence-electron chi connectivity index (χ1n) is 8.87. The molecule has 1 aliphatic heterocycles. The van der Waals surface area contributed by atoms with Gasteiger partial charge in [0.05, 0.1) is 11.2 Å². The Kier molecular flexibility index (Phi) is 4.71. The second kappa shape index (κ2) is 6.82. The molecule has 2 heterocycles. The molecule has 1 aromatic heterocycles. The fourth-order valence-electron chi connectivity index (χ4n) is 3.67. The Balaban J connectivity index is 2.31. The van der Waals surface area contributed by atoms with E-state index in [9.17, 15) is 19.5 Å². The molecule has 0 spiro atoms. The normalized spacial score (nSPS) is 15.8. The number of urea groups is 1. The molecule has 138 valence electrons. The number of carbonyl (C=O) groups excluding carboxylic acids is 1. The van der Waals surface area contributed by atoms with Crippen molar-refractivity contribution in [2.45, 2.75) is 45.6 Å². The minimum Gasteiger partial charge on any atom is -0.477 e. The van der Waals surface area contributed by atoms with E-state index in [4.69, 9.17) is 5.73 Å². The first kappa shape index (κ1) is 18.0. The van der Waals surface area contributed by atoms with Crippen molar-refractivity contribution in [2.75, 3.05) is 11.4 Å². The average Bonchev–Trinajstić information content (AvgIpc) is 2.59. The first-order valence-corrected chi connectivity index (χ1v) is 8.87. The fraction of sp³-hybridized carbons (Fsp3) is 0.421. The van der Waals surface area contributed by atoms with Gasteiger partial charge < -0.3 is 15.4 Å². The molecule has 0 radical (unpaired) electrons. The molecule has 0 bridgehead atoms. The first-order chi connectivity index (χ1) is 12.4. The smallest absolute Gasteiger partial charge is 0.341 e. The minimum atomic E-state index is -1.23. The van der Waals surface area contributed by atoms with Gasteiger partial charge in [0.25, 0.3) is 0 Å². The molecule has 2 amide bonds. The summed E-state index contributed by atoms with van der Waals surface area (Å²) in [6.45, 7) is 4.54. The predicted molar refractivity (Wildman–Crippen MR) is 100 cm³/mol. The second-order valence-electron chi connectivity index (χ2n) is 6.77. The number of hydrogen-bond acceptors (Lipinski definition) is 3. The number of pyridine rings is 1. The van der Waals surface area contributed by atoms with Gasteiger partial charge in [0.1, 0.15) is 5.56 Å². The molecule has 1 aliphatic rings. The largest absolute Gasteiger partial charge is 0.477 e. The molecule has 0 saturated heterocycles. The van der Waals surface area contributed by atoms with Crippen LogP contribution in [0.4, 0.5) is 10.5 Å². The lowest BCUT2D eigenvalue weighted by molar-refractivity contribution is 0.0694. The van der Waals surface area contributed by atoms with Gasteiger partial charge in [-0.1, -0.05) is 13.3 Å². The number of rotatable bonds is 5. The summed E-state index contributed by atoms with van der Waals surface area (Å²) in [6.07, 6.45) is 4.67. The predicted octanol–water partition coefficient (Wildman–Crippen LogP) is 2.89. The summed E-state index contributed by atoms with van der Waals surface area (Å²) in [7, 11) is 0. The highest BCUT2D eigenvalue weighted by atomic mass is 16.4. The van der Waals surface area contributed by atoms with E-state index < -0.39 is 17.4 Å². The van der Waals surface area contributed by atoms with Gasteiger partial charge in [-0.05, 0) is 38.3 Å². The van der Waals surface area contributed by atoms with Crippen LogP contribution in [0.15, 0.2) is 23.1 Å². The van der Waals surface area contributed by atoms with E-state index in [1.54, 1.807) is 17.0 Å². The van der Waals surface area contributed by atoms with Crippen molar-refractivity contribution in [1.29, 1.82) is 0 Å². The number of hydrogen-bond donors (Lipinski definition) is 2. The molecule has 2 aromatic rings. The highest BCUT2D eigenvalue weighted by Gasteiger charge is 2.27. The van der Waals surface area contributed by atoms with Crippen LogP contribution in [-0.4, -0.2) is 28.2 Å². The summed E-state index contributed by atoms with van der Waals surface area (Å²) in [6, 6.07) is 2.87. The third-order valence-corrected chi connectivity index (χ3v) is 5.08.